The third-order valence-electron chi connectivity index (χ3n) is 3.68. The fourth-order valence-electron chi connectivity index (χ4n) is 2.34. The van der Waals surface area contributed by atoms with Crippen LogP contribution >= 0.6 is 0 Å². The van der Waals surface area contributed by atoms with E-state index in [0.717, 1.165) is 18.2 Å². The van der Waals surface area contributed by atoms with Gasteiger partial charge in [0.2, 0.25) is 5.91 Å². The minimum absolute atomic E-state index is 0. The van der Waals surface area contributed by atoms with Gasteiger partial charge in [0.25, 0.3) is 0 Å². The molecule has 2 N–H and O–H groups in total. The average molecular weight is 370 g/mol. The molecule has 11 heteroatoms. The van der Waals surface area contributed by atoms with E-state index in [4.69, 9.17) is 9.84 Å². The number of carboxylic acids is 1. The molecule has 0 saturated carbocycles. The molecule has 140 valence electrons. The van der Waals surface area contributed by atoms with Crippen molar-refractivity contribution in [2.75, 3.05) is 31.6 Å². The molecule has 0 aliphatic carbocycles. The average Bonchev–Trinajstić information content (AvgIpc) is 2.55. The van der Waals surface area contributed by atoms with Crippen molar-refractivity contribution in [2.24, 2.45) is 0 Å². The summed E-state index contributed by atoms with van der Waals surface area (Å²) in [6, 6.07) is 2.11. The fraction of sp³-hybridized carbons (Fsp3) is 0.467. The smallest absolute Gasteiger partial charge is 1.00 e. The van der Waals surface area contributed by atoms with E-state index in [2.05, 4.69) is 10.1 Å². The second kappa shape index (κ2) is 9.28. The van der Waals surface area contributed by atoms with Gasteiger partial charge in [-0.25, -0.2) is 4.79 Å². The molecule has 0 radical (unpaired) electrons. The first kappa shape index (κ1) is 22.3. The molecule has 1 fully saturated rings. The second-order valence-electron chi connectivity index (χ2n) is 5.38. The number of ether oxygens (including phenoxy) is 2. The van der Waals surface area contributed by atoms with E-state index >= 15 is 0 Å². The molecule has 26 heavy (non-hydrogen) atoms. The molecule has 1 atom stereocenters. The summed E-state index contributed by atoms with van der Waals surface area (Å²) in [5.74, 6) is -2.59. The molecule has 0 spiro atoms. The number of carbonyl (C=O) groups excluding carboxylic acids is 1. The molecule has 1 heterocycles. The molecule has 1 aliphatic rings. The minimum atomic E-state index is -4.97. The van der Waals surface area contributed by atoms with Gasteiger partial charge in [-0.15, -0.1) is 13.2 Å². The van der Waals surface area contributed by atoms with Crippen LogP contribution in [0.1, 0.15) is 18.7 Å². The number of morpholine rings is 1. The molecule has 1 aromatic rings. The van der Waals surface area contributed by atoms with Crippen LogP contribution in [0.25, 0.3) is 0 Å². The molecule has 7 nitrogen and oxygen atoms in total. The molecule has 0 bridgehead atoms. The third kappa shape index (κ3) is 6.21. The maximum absolute atomic E-state index is 12.5. The first-order chi connectivity index (χ1) is 11.7. The van der Waals surface area contributed by atoms with Crippen molar-refractivity contribution in [3.05, 3.63) is 23.8 Å². The summed E-state index contributed by atoms with van der Waals surface area (Å²) >= 11 is 0. The van der Waals surface area contributed by atoms with Crippen LogP contribution in [-0.2, 0) is 9.53 Å². The molecule has 1 saturated heterocycles. The zero-order valence-corrected chi connectivity index (χ0v) is 14.3. The van der Waals surface area contributed by atoms with Crippen molar-refractivity contribution in [2.45, 2.75) is 19.3 Å². The Morgan fingerprint density at radius 2 is 1.96 bits per heavy atom. The first-order valence-electron chi connectivity index (χ1n) is 7.43. The number of nitrogens with zero attached hydrogens (tertiary/aromatic N) is 1. The van der Waals surface area contributed by atoms with E-state index < -0.39 is 30.0 Å². The van der Waals surface area contributed by atoms with Crippen molar-refractivity contribution in [3.8, 4) is 5.75 Å². The van der Waals surface area contributed by atoms with Crippen LogP contribution in [0.3, 0.4) is 0 Å². The number of carboxylic acid groups (broad SMARTS) is 1. The van der Waals surface area contributed by atoms with Crippen LogP contribution < -0.4 is 28.9 Å². The van der Waals surface area contributed by atoms with Crippen LogP contribution in [-0.4, -0.2) is 60.6 Å². The van der Waals surface area contributed by atoms with Gasteiger partial charge in [-0.1, -0.05) is 0 Å². The molecule has 1 unspecified atom stereocenters. The number of nitrogens with one attached hydrogen (secondary N) is 1. The van der Waals surface area contributed by atoms with Crippen molar-refractivity contribution in [1.82, 2.24) is 4.90 Å². The quantitative estimate of drug-likeness (QED) is 0.651. The molecule has 1 aromatic carbocycles. The third-order valence-corrected chi connectivity index (χ3v) is 3.68. The topological polar surface area (TPSA) is 88.1 Å². The Balaban J connectivity index is 0.00000338. The van der Waals surface area contributed by atoms with Gasteiger partial charge >= 0.3 is 31.2 Å². The van der Waals surface area contributed by atoms with Crippen molar-refractivity contribution >= 4 is 17.6 Å². The van der Waals surface area contributed by atoms with E-state index in [-0.39, 0.29) is 31.5 Å². The molecule has 1 amide bonds. The number of carbonyl (C=O) groups is 2. The van der Waals surface area contributed by atoms with E-state index in [1.807, 2.05) is 4.90 Å². The van der Waals surface area contributed by atoms with Gasteiger partial charge in [0.15, 0.2) is 5.75 Å². The van der Waals surface area contributed by atoms with Gasteiger partial charge in [0.1, 0.15) is 0 Å². The number of halogens is 3. The minimum Gasteiger partial charge on any atom is -1.00 e. The zero-order valence-electron chi connectivity index (χ0n) is 15.3. The Morgan fingerprint density at radius 3 is 2.50 bits per heavy atom. The van der Waals surface area contributed by atoms with Crippen molar-refractivity contribution < 1.29 is 57.6 Å². The Labute approximate surface area is 161 Å². The Kier molecular flexibility index (Phi) is 7.96. The number of anilines is 1. The summed E-state index contributed by atoms with van der Waals surface area (Å²) in [4.78, 5) is 25.2. The Bertz CT molecular complexity index is 657. The number of alkyl halides is 3. The SMILES string of the molecule is CC(C(=O)Nc1cc(C(=O)O)ccc1OC(F)(F)F)N1CCOCC1.[H-].[Li+]. The summed E-state index contributed by atoms with van der Waals surface area (Å²) in [6.45, 7) is 3.53. The number of benzene rings is 1. The Hall–Kier alpha value is -1.73. The Morgan fingerprint density at radius 1 is 1.35 bits per heavy atom. The number of hydrogen-bond acceptors (Lipinski definition) is 5. The van der Waals surface area contributed by atoms with Crippen LogP contribution in [0, 0.1) is 0 Å². The van der Waals surface area contributed by atoms with Gasteiger partial charge < -0.3 is 21.3 Å². The van der Waals surface area contributed by atoms with Gasteiger partial charge in [-0.2, -0.15) is 0 Å². The predicted octanol–water partition coefficient (Wildman–Crippen LogP) is -0.941. The summed E-state index contributed by atoms with van der Waals surface area (Å²) in [5.41, 5.74) is -0.633. The molecule has 0 aromatic heterocycles. The van der Waals surface area contributed by atoms with Gasteiger partial charge in [-0.3, -0.25) is 9.69 Å². The van der Waals surface area contributed by atoms with Crippen LogP contribution in [0.2, 0.25) is 0 Å². The van der Waals surface area contributed by atoms with Gasteiger partial charge in [0.05, 0.1) is 30.5 Å². The number of aromatic carboxylic acids is 1. The number of hydrogen-bond donors (Lipinski definition) is 2. The van der Waals surface area contributed by atoms with E-state index in [1.54, 1.807) is 6.92 Å². The van der Waals surface area contributed by atoms with E-state index in [0.29, 0.717) is 26.3 Å². The van der Waals surface area contributed by atoms with E-state index in [9.17, 15) is 22.8 Å². The summed E-state index contributed by atoms with van der Waals surface area (Å²) < 4.78 is 46.5. The van der Waals surface area contributed by atoms with Gasteiger partial charge in [0, 0.05) is 13.1 Å². The maximum Gasteiger partial charge on any atom is 1.00 e. The second-order valence-corrected chi connectivity index (χ2v) is 5.38. The molecule has 1 aliphatic heterocycles. The van der Waals surface area contributed by atoms with Crippen LogP contribution in [0.5, 0.6) is 5.75 Å². The summed E-state index contributed by atoms with van der Waals surface area (Å²) in [6.07, 6.45) is -4.97. The molecule has 2 rings (SSSR count). The summed E-state index contributed by atoms with van der Waals surface area (Å²) in [7, 11) is 0. The van der Waals surface area contributed by atoms with Gasteiger partial charge in [-0.05, 0) is 25.1 Å². The predicted molar refractivity (Wildman–Crippen MR) is 81.7 cm³/mol. The molecular weight excluding hydrogens is 352 g/mol. The first-order valence-corrected chi connectivity index (χ1v) is 7.43. The van der Waals surface area contributed by atoms with Crippen molar-refractivity contribution in [1.29, 1.82) is 0 Å². The number of rotatable bonds is 5. The maximum atomic E-state index is 12.5. The number of amides is 1. The van der Waals surface area contributed by atoms with E-state index in [1.165, 1.54) is 0 Å². The fourth-order valence-corrected chi connectivity index (χ4v) is 2.34. The monoisotopic (exact) mass is 370 g/mol. The summed E-state index contributed by atoms with van der Waals surface area (Å²) in [5, 5.41) is 11.3. The van der Waals surface area contributed by atoms with Crippen LogP contribution in [0.4, 0.5) is 18.9 Å². The van der Waals surface area contributed by atoms with Crippen molar-refractivity contribution in [3.63, 3.8) is 0 Å². The normalized spacial score (nSPS) is 16.3. The largest absolute Gasteiger partial charge is 1.00 e. The van der Waals surface area contributed by atoms with Crippen LogP contribution in [0.15, 0.2) is 18.2 Å². The molecular formula is C15H18F3LiN2O5. The zero-order chi connectivity index (χ0) is 18.6. The standard InChI is InChI=1S/C15H17F3N2O5.Li.H/c1-9(20-4-6-24-7-5-20)13(21)19-11-8-10(14(22)23)2-3-12(11)25-15(16,17)18;;/h2-3,8-9H,4-7H2,1H3,(H,19,21)(H,22,23);;/q;+1;-1.